The number of hydrogen-bond donors (Lipinski definition) is 1. The number of carbonyl (C=O) groups is 1. The maximum atomic E-state index is 9.51. The fourth-order valence-corrected chi connectivity index (χ4v) is 0.143. The van der Waals surface area contributed by atoms with Crippen molar-refractivity contribution in [2.24, 2.45) is 0 Å². The molecule has 0 aliphatic rings. The Kier molecular flexibility index (Phi) is 23.6. The number of carboxylic acid groups (broad SMARTS) is 1. The smallest absolute Gasteiger partial charge is 1.00 e. The number of hydrogen-bond acceptors (Lipinski definition) is 1. The van der Waals surface area contributed by atoms with Crippen LogP contribution >= 0.6 is 0 Å². The standard InChI is InChI=1S/C4H6O2.2Ca.4H/c1-2-3-4(5)6;;;;;;/h2-3H,1H3,(H,5,6);;;;;;/q;2*+2;4*-1. The van der Waals surface area contributed by atoms with Gasteiger partial charge < -0.3 is 10.8 Å². The molecular weight excluding hydrogens is 160 g/mol. The predicted molar refractivity (Wildman–Crippen MR) is 38.4 cm³/mol. The molecule has 0 aliphatic heterocycles. The number of carboxylic acids is 1. The molecule has 4 heteroatoms. The second-order valence-electron chi connectivity index (χ2n) is 0.838. The molecule has 0 bridgehead atoms. The van der Waals surface area contributed by atoms with Gasteiger partial charge in [-0.25, -0.2) is 4.79 Å². The van der Waals surface area contributed by atoms with Gasteiger partial charge in [0.05, 0.1) is 0 Å². The van der Waals surface area contributed by atoms with Crippen LogP contribution in [0, 0.1) is 0 Å². The molecule has 0 saturated carbocycles. The van der Waals surface area contributed by atoms with Gasteiger partial charge in [0, 0.05) is 6.08 Å². The van der Waals surface area contributed by atoms with Crippen LogP contribution in [-0.4, -0.2) is 86.6 Å². The molecular formula is C4H10Ca2O2. The zero-order chi connectivity index (χ0) is 4.99. The van der Waals surface area contributed by atoms with Crippen molar-refractivity contribution in [3.8, 4) is 0 Å². The molecule has 0 atom stereocenters. The molecule has 0 spiro atoms. The molecule has 0 rings (SSSR count). The average molecular weight is 170 g/mol. The third-order valence-electron chi connectivity index (χ3n) is 0.309. The maximum Gasteiger partial charge on any atom is 2.00 e. The second-order valence-corrected chi connectivity index (χ2v) is 0.838. The van der Waals surface area contributed by atoms with Crippen LogP contribution in [0.3, 0.4) is 0 Å². The minimum absolute atomic E-state index is 0. The molecule has 0 aromatic carbocycles. The summed E-state index contributed by atoms with van der Waals surface area (Å²) in [5, 5.41) is 7.83. The number of rotatable bonds is 1. The van der Waals surface area contributed by atoms with Crippen LogP contribution in [0.25, 0.3) is 0 Å². The predicted octanol–water partition coefficient (Wildman–Crippen LogP) is 0.336. The van der Waals surface area contributed by atoms with Gasteiger partial charge in [-0.3, -0.25) is 0 Å². The van der Waals surface area contributed by atoms with E-state index < -0.39 is 5.97 Å². The normalized spacial score (nSPS) is 7.12. The number of aliphatic carboxylic acids is 1. The van der Waals surface area contributed by atoms with Crippen LogP contribution in [0.1, 0.15) is 12.6 Å². The van der Waals surface area contributed by atoms with Crippen LogP contribution < -0.4 is 0 Å². The molecule has 42 valence electrons. The molecule has 0 fully saturated rings. The second kappa shape index (κ2) is 11.5. The first-order valence-electron chi connectivity index (χ1n) is 1.63. The van der Waals surface area contributed by atoms with Crippen molar-refractivity contribution in [1.82, 2.24) is 0 Å². The molecule has 8 heavy (non-hydrogen) atoms. The Morgan fingerprint density at radius 3 is 2.00 bits per heavy atom. The first-order valence-corrected chi connectivity index (χ1v) is 1.63. The van der Waals surface area contributed by atoms with E-state index in [4.69, 9.17) is 5.11 Å². The summed E-state index contributed by atoms with van der Waals surface area (Å²) in [5.41, 5.74) is 0. The molecule has 0 saturated heterocycles. The van der Waals surface area contributed by atoms with E-state index in [1.54, 1.807) is 6.92 Å². The molecule has 1 N–H and O–H groups in total. The summed E-state index contributed by atoms with van der Waals surface area (Å²) in [6, 6.07) is 0. The van der Waals surface area contributed by atoms with E-state index >= 15 is 0 Å². The first-order chi connectivity index (χ1) is 2.77. The van der Waals surface area contributed by atoms with Gasteiger partial charge in [-0.1, -0.05) is 6.08 Å². The van der Waals surface area contributed by atoms with Gasteiger partial charge in [0.2, 0.25) is 0 Å². The molecule has 0 aliphatic carbocycles. The van der Waals surface area contributed by atoms with Crippen LogP contribution in [0.2, 0.25) is 0 Å². The third-order valence-corrected chi connectivity index (χ3v) is 0.309. The van der Waals surface area contributed by atoms with Crippen molar-refractivity contribution in [1.29, 1.82) is 0 Å². The molecule has 0 aromatic heterocycles. The number of allylic oxidation sites excluding steroid dienone is 1. The van der Waals surface area contributed by atoms with Crippen molar-refractivity contribution in [3.63, 3.8) is 0 Å². The SMILES string of the molecule is CC=CC(=O)O.[Ca+2].[Ca+2].[H-].[H-].[H-].[H-]. The molecule has 0 heterocycles. The van der Waals surface area contributed by atoms with Gasteiger partial charge in [0.15, 0.2) is 0 Å². The van der Waals surface area contributed by atoms with E-state index in [2.05, 4.69) is 0 Å². The van der Waals surface area contributed by atoms with Crippen LogP contribution in [0.15, 0.2) is 12.2 Å². The summed E-state index contributed by atoms with van der Waals surface area (Å²) in [5.74, 6) is -0.891. The largest absolute Gasteiger partial charge is 2.00 e. The van der Waals surface area contributed by atoms with Crippen molar-refractivity contribution in [2.75, 3.05) is 0 Å². The maximum absolute atomic E-state index is 9.51. The van der Waals surface area contributed by atoms with E-state index in [0.717, 1.165) is 6.08 Å². The quantitative estimate of drug-likeness (QED) is 0.455. The molecule has 0 radical (unpaired) electrons. The summed E-state index contributed by atoms with van der Waals surface area (Å²) < 4.78 is 0. The third kappa shape index (κ3) is 15.6. The zero-order valence-corrected chi connectivity index (χ0v) is 9.34. The average Bonchev–Trinajstić information content (AvgIpc) is 1.35. The monoisotopic (exact) mass is 170 g/mol. The van der Waals surface area contributed by atoms with Crippen LogP contribution in [-0.2, 0) is 4.79 Å². The van der Waals surface area contributed by atoms with Gasteiger partial charge >= 0.3 is 81.4 Å². The van der Waals surface area contributed by atoms with Gasteiger partial charge in [-0.2, -0.15) is 0 Å². The Bertz CT molecular complexity index is 91.1. The van der Waals surface area contributed by atoms with E-state index in [1.807, 2.05) is 0 Å². The Morgan fingerprint density at radius 1 is 1.62 bits per heavy atom. The fraction of sp³-hybridized carbons (Fsp3) is 0.250. The first kappa shape index (κ1) is 16.4. The Morgan fingerprint density at radius 2 is 2.00 bits per heavy atom. The Labute approximate surface area is 114 Å². The molecule has 2 nitrogen and oxygen atoms in total. The topological polar surface area (TPSA) is 37.3 Å². The van der Waals surface area contributed by atoms with E-state index in [-0.39, 0.29) is 81.2 Å². The Hall–Kier alpha value is 1.73. The van der Waals surface area contributed by atoms with Crippen LogP contribution in [0.4, 0.5) is 0 Å². The summed E-state index contributed by atoms with van der Waals surface area (Å²) in [7, 11) is 0. The zero-order valence-electron chi connectivity index (χ0n) is 8.92. The fourth-order valence-electron chi connectivity index (χ4n) is 0.143. The van der Waals surface area contributed by atoms with E-state index in [9.17, 15) is 4.79 Å². The van der Waals surface area contributed by atoms with E-state index in [1.165, 1.54) is 6.08 Å². The van der Waals surface area contributed by atoms with Gasteiger partial charge in [-0.15, -0.1) is 0 Å². The van der Waals surface area contributed by atoms with Gasteiger partial charge in [0.25, 0.3) is 0 Å². The van der Waals surface area contributed by atoms with Crippen molar-refractivity contribution in [3.05, 3.63) is 12.2 Å². The van der Waals surface area contributed by atoms with Gasteiger partial charge in [0.1, 0.15) is 0 Å². The summed E-state index contributed by atoms with van der Waals surface area (Å²) >= 11 is 0. The molecule has 0 amide bonds. The molecule has 0 aromatic rings. The van der Waals surface area contributed by atoms with Crippen molar-refractivity contribution < 1.29 is 15.6 Å². The summed E-state index contributed by atoms with van der Waals surface area (Å²) in [6.07, 6.45) is 2.56. The van der Waals surface area contributed by atoms with E-state index in [0.29, 0.717) is 0 Å². The van der Waals surface area contributed by atoms with Crippen molar-refractivity contribution in [2.45, 2.75) is 6.92 Å². The van der Waals surface area contributed by atoms with Crippen LogP contribution in [0.5, 0.6) is 0 Å². The van der Waals surface area contributed by atoms with Crippen molar-refractivity contribution >= 4 is 81.4 Å². The summed E-state index contributed by atoms with van der Waals surface area (Å²) in [4.78, 5) is 9.51. The minimum atomic E-state index is -0.891. The minimum Gasteiger partial charge on any atom is -1.00 e. The molecule has 0 unspecified atom stereocenters. The Balaban J connectivity index is -0.00000000833. The van der Waals surface area contributed by atoms with Gasteiger partial charge in [-0.05, 0) is 6.92 Å². The summed E-state index contributed by atoms with van der Waals surface area (Å²) in [6.45, 7) is 1.66.